The van der Waals surface area contributed by atoms with E-state index in [1.807, 2.05) is 42.5 Å². The maximum atomic E-state index is 15.9. The van der Waals surface area contributed by atoms with Gasteiger partial charge in [-0.1, -0.05) is 98.3 Å². The van der Waals surface area contributed by atoms with Gasteiger partial charge in [0.15, 0.2) is 0 Å². The van der Waals surface area contributed by atoms with Crippen LogP contribution in [0.15, 0.2) is 120 Å². The second-order valence-corrected chi connectivity index (χ2v) is 11.6. The number of hydrogen-bond acceptors (Lipinski definition) is 2. The lowest BCUT2D eigenvalue weighted by molar-refractivity contribution is 0.629. The van der Waals surface area contributed by atoms with Crippen molar-refractivity contribution in [3.05, 3.63) is 138 Å². The van der Waals surface area contributed by atoms with Gasteiger partial charge in [-0.25, -0.2) is 4.39 Å². The molecule has 1 aliphatic carbocycles. The highest BCUT2D eigenvalue weighted by Crippen LogP contribution is 2.55. The van der Waals surface area contributed by atoms with Gasteiger partial charge in [0.1, 0.15) is 17.0 Å². The molecule has 0 fully saturated rings. The summed E-state index contributed by atoms with van der Waals surface area (Å²) in [7, 11) is 0. The molecular weight excluding hydrogens is 505 g/mol. The molecule has 1 aliphatic rings. The molecule has 0 N–H and O–H groups in total. The van der Waals surface area contributed by atoms with Gasteiger partial charge in [0, 0.05) is 16.2 Å². The Labute approximate surface area is 238 Å². The Morgan fingerprint density at radius 2 is 1.29 bits per heavy atom. The van der Waals surface area contributed by atoms with Crippen LogP contribution >= 0.6 is 0 Å². The Kier molecular flexibility index (Phi) is 5.00. The lowest BCUT2D eigenvalue weighted by Crippen LogP contribution is -2.17. The zero-order valence-corrected chi connectivity index (χ0v) is 23.2. The standard InChI is InChI=1S/C38H28FNO/c1-23-19-20-26-28(21-23)38(2,3)29-22-33(24-11-4-5-12-25(24)36(26)29)40(31-15-8-7-14-30(31)39)32-16-10-18-35-37(32)27-13-6-9-17-34(27)41-35/h4-22H,1-3H3. The summed E-state index contributed by atoms with van der Waals surface area (Å²) in [6, 6.07) is 38.8. The summed E-state index contributed by atoms with van der Waals surface area (Å²) in [5.41, 5.74) is 10.1. The Hall–Kier alpha value is -4.89. The van der Waals surface area contributed by atoms with Crippen LogP contribution in [0.4, 0.5) is 21.5 Å². The van der Waals surface area contributed by atoms with Gasteiger partial charge in [0.2, 0.25) is 0 Å². The van der Waals surface area contributed by atoms with Crippen LogP contribution < -0.4 is 4.90 Å². The molecule has 3 heteroatoms. The summed E-state index contributed by atoms with van der Waals surface area (Å²) < 4.78 is 22.1. The van der Waals surface area contributed by atoms with E-state index in [9.17, 15) is 0 Å². The van der Waals surface area contributed by atoms with Gasteiger partial charge in [0.05, 0.1) is 22.4 Å². The van der Waals surface area contributed by atoms with Crippen molar-refractivity contribution in [3.63, 3.8) is 0 Å². The lowest BCUT2D eigenvalue weighted by Gasteiger charge is -2.30. The summed E-state index contributed by atoms with van der Waals surface area (Å²) in [5, 5.41) is 4.21. The van der Waals surface area contributed by atoms with Crippen molar-refractivity contribution in [2.24, 2.45) is 0 Å². The first-order valence-corrected chi connectivity index (χ1v) is 14.1. The highest BCUT2D eigenvalue weighted by atomic mass is 19.1. The van der Waals surface area contributed by atoms with Crippen LogP contribution in [0.25, 0.3) is 43.8 Å². The predicted molar refractivity (Wildman–Crippen MR) is 168 cm³/mol. The zero-order chi connectivity index (χ0) is 27.9. The van der Waals surface area contributed by atoms with E-state index < -0.39 is 0 Å². The second kappa shape index (κ2) is 8.55. The molecule has 0 saturated heterocycles. The normalized spacial score (nSPS) is 13.6. The number of rotatable bonds is 3. The number of furan rings is 1. The minimum absolute atomic E-state index is 0.218. The minimum Gasteiger partial charge on any atom is -0.456 e. The first-order valence-electron chi connectivity index (χ1n) is 14.1. The van der Waals surface area contributed by atoms with Crippen molar-refractivity contribution in [3.8, 4) is 11.1 Å². The fourth-order valence-electron chi connectivity index (χ4n) is 6.83. The molecule has 0 aliphatic heterocycles. The summed E-state index contributed by atoms with van der Waals surface area (Å²) in [6.45, 7) is 6.75. The zero-order valence-electron chi connectivity index (χ0n) is 23.2. The number of fused-ring (bicyclic) bond motifs is 8. The molecule has 1 heterocycles. The molecule has 8 rings (SSSR count). The van der Waals surface area contributed by atoms with Crippen LogP contribution in [0.1, 0.15) is 30.5 Å². The van der Waals surface area contributed by atoms with E-state index in [0.29, 0.717) is 5.69 Å². The number of para-hydroxylation sites is 2. The summed E-state index contributed by atoms with van der Waals surface area (Å²) >= 11 is 0. The summed E-state index contributed by atoms with van der Waals surface area (Å²) in [6.07, 6.45) is 0. The maximum Gasteiger partial charge on any atom is 0.147 e. The van der Waals surface area contributed by atoms with E-state index >= 15 is 4.39 Å². The molecule has 198 valence electrons. The van der Waals surface area contributed by atoms with Crippen molar-refractivity contribution in [1.82, 2.24) is 0 Å². The number of anilines is 3. The fourth-order valence-corrected chi connectivity index (χ4v) is 6.83. The molecule has 0 amide bonds. The molecule has 1 aromatic heterocycles. The second-order valence-electron chi connectivity index (χ2n) is 11.6. The van der Waals surface area contributed by atoms with Crippen LogP contribution in [0.5, 0.6) is 0 Å². The molecule has 0 atom stereocenters. The van der Waals surface area contributed by atoms with E-state index in [2.05, 4.69) is 86.3 Å². The van der Waals surface area contributed by atoms with Crippen LogP contribution in [-0.4, -0.2) is 0 Å². The quantitative estimate of drug-likeness (QED) is 0.225. The molecule has 0 unspecified atom stereocenters. The topological polar surface area (TPSA) is 16.4 Å². The van der Waals surface area contributed by atoms with Crippen molar-refractivity contribution in [2.45, 2.75) is 26.2 Å². The number of hydrogen-bond donors (Lipinski definition) is 0. The highest BCUT2D eigenvalue weighted by Gasteiger charge is 2.38. The Morgan fingerprint density at radius 1 is 0.610 bits per heavy atom. The number of nitrogens with zero attached hydrogens (tertiary/aromatic N) is 1. The highest BCUT2D eigenvalue weighted by molar-refractivity contribution is 6.16. The summed E-state index contributed by atoms with van der Waals surface area (Å²) in [4.78, 5) is 2.09. The molecule has 2 nitrogen and oxygen atoms in total. The van der Waals surface area contributed by atoms with E-state index in [-0.39, 0.29) is 11.2 Å². The van der Waals surface area contributed by atoms with E-state index in [4.69, 9.17) is 4.42 Å². The van der Waals surface area contributed by atoms with Gasteiger partial charge < -0.3 is 9.32 Å². The monoisotopic (exact) mass is 533 g/mol. The average molecular weight is 534 g/mol. The number of aryl methyl sites for hydroxylation is 1. The first-order chi connectivity index (χ1) is 19.9. The fraction of sp³-hybridized carbons (Fsp3) is 0.105. The van der Waals surface area contributed by atoms with Crippen molar-refractivity contribution in [1.29, 1.82) is 0 Å². The predicted octanol–water partition coefficient (Wildman–Crippen LogP) is 11.0. The Bertz CT molecular complexity index is 2170. The van der Waals surface area contributed by atoms with Crippen molar-refractivity contribution < 1.29 is 8.81 Å². The maximum absolute atomic E-state index is 15.9. The van der Waals surface area contributed by atoms with Crippen LogP contribution in [-0.2, 0) is 5.41 Å². The van der Waals surface area contributed by atoms with Gasteiger partial charge in [-0.2, -0.15) is 0 Å². The van der Waals surface area contributed by atoms with Gasteiger partial charge in [0.25, 0.3) is 0 Å². The third-order valence-corrected chi connectivity index (χ3v) is 8.77. The van der Waals surface area contributed by atoms with Crippen LogP contribution in [0.2, 0.25) is 0 Å². The number of halogens is 1. The van der Waals surface area contributed by atoms with Crippen LogP contribution in [0, 0.1) is 12.7 Å². The van der Waals surface area contributed by atoms with Crippen molar-refractivity contribution >= 4 is 49.8 Å². The lowest BCUT2D eigenvalue weighted by atomic mass is 9.81. The average Bonchev–Trinajstić information content (AvgIpc) is 3.47. The third-order valence-electron chi connectivity index (χ3n) is 8.77. The largest absolute Gasteiger partial charge is 0.456 e. The smallest absolute Gasteiger partial charge is 0.147 e. The minimum atomic E-state index is -0.278. The van der Waals surface area contributed by atoms with Crippen LogP contribution in [0.3, 0.4) is 0 Å². The molecule has 0 radical (unpaired) electrons. The Morgan fingerprint density at radius 3 is 2.12 bits per heavy atom. The number of benzene rings is 6. The SMILES string of the molecule is Cc1ccc2c(c1)C(C)(C)c1cc(N(c3ccccc3F)c3cccc4oc5ccccc5c34)c3ccccc3c1-2. The third kappa shape index (κ3) is 3.35. The summed E-state index contributed by atoms with van der Waals surface area (Å²) in [5.74, 6) is -0.278. The van der Waals surface area contributed by atoms with Crippen molar-refractivity contribution in [2.75, 3.05) is 4.90 Å². The molecule has 6 aromatic carbocycles. The van der Waals surface area contributed by atoms with E-state index in [1.165, 1.54) is 39.3 Å². The van der Waals surface area contributed by atoms with Gasteiger partial charge >= 0.3 is 0 Å². The van der Waals surface area contributed by atoms with Gasteiger partial charge in [-0.15, -0.1) is 0 Å². The molecule has 7 aromatic rings. The van der Waals surface area contributed by atoms with Gasteiger partial charge in [-0.3, -0.25) is 0 Å². The first kappa shape index (κ1) is 24.0. The Balaban J connectivity index is 1.52. The molecule has 0 spiro atoms. The molecule has 0 bridgehead atoms. The van der Waals surface area contributed by atoms with Gasteiger partial charge in [-0.05, 0) is 71.0 Å². The van der Waals surface area contributed by atoms with E-state index in [0.717, 1.165) is 38.7 Å². The molecular formula is C38H28FNO. The molecule has 41 heavy (non-hydrogen) atoms. The molecule has 0 saturated carbocycles. The van der Waals surface area contributed by atoms with E-state index in [1.54, 1.807) is 6.07 Å².